The Labute approximate surface area is 169 Å². The van der Waals surface area contributed by atoms with Crippen LogP contribution < -0.4 is 0 Å². The van der Waals surface area contributed by atoms with Crippen molar-refractivity contribution in [3.63, 3.8) is 0 Å². The molecule has 0 aromatic rings. The maximum Gasteiger partial charge on any atom is 0.294 e. The molecule has 5 heteroatoms. The van der Waals surface area contributed by atoms with E-state index in [4.69, 9.17) is 0 Å². The molecule has 0 radical (unpaired) electrons. The molecular formula is C22H46O4S. The van der Waals surface area contributed by atoms with Crippen LogP contribution >= 0.6 is 0 Å². The van der Waals surface area contributed by atoms with Crippen molar-refractivity contribution in [1.82, 2.24) is 0 Å². The van der Waals surface area contributed by atoms with E-state index in [1.165, 1.54) is 70.6 Å². The Morgan fingerprint density at radius 2 is 0.815 bits per heavy atom. The van der Waals surface area contributed by atoms with Crippen LogP contribution in [0.15, 0.2) is 0 Å². The van der Waals surface area contributed by atoms with Crippen LogP contribution in [-0.2, 0) is 10.1 Å². The maximum absolute atomic E-state index is 11.5. The van der Waals surface area contributed by atoms with Crippen molar-refractivity contribution < 1.29 is 18.1 Å². The first-order valence-corrected chi connectivity index (χ1v) is 13.0. The molecule has 0 aromatic heterocycles. The summed E-state index contributed by atoms with van der Waals surface area (Å²) in [5.74, 6) is 0. The molecule has 0 rings (SSSR count). The minimum atomic E-state index is -4.41. The highest BCUT2D eigenvalue weighted by atomic mass is 32.2. The third-order valence-corrected chi connectivity index (χ3v) is 6.94. The van der Waals surface area contributed by atoms with Gasteiger partial charge in [-0.15, -0.1) is 0 Å². The molecular weight excluding hydrogens is 360 g/mol. The number of unbranched alkanes of at least 4 members (excludes halogenated alkanes) is 15. The molecule has 0 aliphatic heterocycles. The SMILES string of the molecule is CCCCCCCCCCCCCCCCC(O)(CCCCC)S(=O)(=O)O. The van der Waals surface area contributed by atoms with Crippen LogP contribution in [0.5, 0.6) is 0 Å². The van der Waals surface area contributed by atoms with E-state index in [2.05, 4.69) is 6.92 Å². The molecule has 0 bridgehead atoms. The molecule has 1 atom stereocenters. The summed E-state index contributed by atoms with van der Waals surface area (Å²) in [7, 11) is -4.41. The predicted octanol–water partition coefficient (Wildman–Crippen LogP) is 7.01. The van der Waals surface area contributed by atoms with Gasteiger partial charge in [-0.2, -0.15) is 8.42 Å². The van der Waals surface area contributed by atoms with Gasteiger partial charge in [-0.25, -0.2) is 0 Å². The molecule has 0 amide bonds. The lowest BCUT2D eigenvalue weighted by atomic mass is 10.0. The van der Waals surface area contributed by atoms with E-state index in [0.29, 0.717) is 12.8 Å². The highest BCUT2D eigenvalue weighted by molar-refractivity contribution is 7.87. The standard InChI is InChI=1S/C22H46O4S/c1-3-5-7-8-9-10-11-12-13-14-15-16-17-19-21-22(23,27(24,25)26)20-18-6-4-2/h23H,3-21H2,1-2H3,(H,24,25,26). The van der Waals surface area contributed by atoms with Gasteiger partial charge in [0, 0.05) is 0 Å². The summed E-state index contributed by atoms with van der Waals surface area (Å²) < 4.78 is 32.4. The number of hydrogen-bond acceptors (Lipinski definition) is 3. The van der Waals surface area contributed by atoms with E-state index in [9.17, 15) is 18.1 Å². The Kier molecular flexibility index (Phi) is 16.7. The van der Waals surface area contributed by atoms with Crippen LogP contribution in [0.4, 0.5) is 0 Å². The second kappa shape index (κ2) is 16.8. The first-order chi connectivity index (χ1) is 12.9. The van der Waals surface area contributed by atoms with Crippen LogP contribution in [0.3, 0.4) is 0 Å². The fourth-order valence-electron chi connectivity index (χ4n) is 3.63. The van der Waals surface area contributed by atoms with Gasteiger partial charge in [0.2, 0.25) is 0 Å². The topological polar surface area (TPSA) is 74.6 Å². The number of rotatable bonds is 20. The fraction of sp³-hybridized carbons (Fsp3) is 1.00. The van der Waals surface area contributed by atoms with Gasteiger partial charge in [0.05, 0.1) is 0 Å². The molecule has 1 unspecified atom stereocenters. The van der Waals surface area contributed by atoms with E-state index in [1.54, 1.807) is 0 Å². The normalized spacial score (nSPS) is 14.4. The minimum absolute atomic E-state index is 0.137. The quantitative estimate of drug-likeness (QED) is 0.168. The molecule has 0 aliphatic rings. The molecule has 0 spiro atoms. The molecule has 0 saturated carbocycles. The lowest BCUT2D eigenvalue weighted by Crippen LogP contribution is -2.38. The predicted molar refractivity (Wildman–Crippen MR) is 116 cm³/mol. The average Bonchev–Trinajstić information content (AvgIpc) is 2.61. The molecule has 27 heavy (non-hydrogen) atoms. The summed E-state index contributed by atoms with van der Waals surface area (Å²) in [5, 5.41) is 10.3. The summed E-state index contributed by atoms with van der Waals surface area (Å²) in [6, 6.07) is 0. The zero-order chi connectivity index (χ0) is 20.4. The fourth-order valence-corrected chi connectivity index (χ4v) is 4.43. The summed E-state index contributed by atoms with van der Waals surface area (Å²) in [6.45, 7) is 4.28. The molecule has 2 N–H and O–H groups in total. The minimum Gasteiger partial charge on any atom is -0.372 e. The van der Waals surface area contributed by atoms with Gasteiger partial charge >= 0.3 is 0 Å². The van der Waals surface area contributed by atoms with Gasteiger partial charge in [-0.1, -0.05) is 110 Å². The van der Waals surface area contributed by atoms with Crippen molar-refractivity contribution in [2.45, 2.75) is 141 Å². The molecule has 4 nitrogen and oxygen atoms in total. The maximum atomic E-state index is 11.5. The second-order valence-corrected chi connectivity index (χ2v) is 9.93. The smallest absolute Gasteiger partial charge is 0.294 e. The summed E-state index contributed by atoms with van der Waals surface area (Å²) >= 11 is 0. The van der Waals surface area contributed by atoms with E-state index in [0.717, 1.165) is 25.7 Å². The van der Waals surface area contributed by atoms with Crippen molar-refractivity contribution in [1.29, 1.82) is 0 Å². The van der Waals surface area contributed by atoms with Crippen LogP contribution in [-0.4, -0.2) is 23.0 Å². The van der Waals surface area contributed by atoms with Gasteiger partial charge in [-0.3, -0.25) is 4.55 Å². The first-order valence-electron chi connectivity index (χ1n) is 11.6. The summed E-state index contributed by atoms with van der Waals surface area (Å²) in [6.07, 6.45) is 20.0. The zero-order valence-corrected chi connectivity index (χ0v) is 18.9. The van der Waals surface area contributed by atoms with Gasteiger partial charge in [-0.05, 0) is 25.7 Å². The number of aliphatic hydroxyl groups is 1. The largest absolute Gasteiger partial charge is 0.372 e. The van der Waals surface area contributed by atoms with E-state index < -0.39 is 15.1 Å². The lowest BCUT2D eigenvalue weighted by molar-refractivity contribution is 0.0886. The van der Waals surface area contributed by atoms with Crippen molar-refractivity contribution in [2.75, 3.05) is 0 Å². The van der Waals surface area contributed by atoms with Crippen LogP contribution in [0.1, 0.15) is 136 Å². The van der Waals surface area contributed by atoms with Crippen molar-refractivity contribution in [3.05, 3.63) is 0 Å². The molecule has 0 fully saturated rings. The van der Waals surface area contributed by atoms with Gasteiger partial charge in [0.1, 0.15) is 0 Å². The number of hydrogen-bond donors (Lipinski definition) is 2. The summed E-state index contributed by atoms with van der Waals surface area (Å²) in [5.41, 5.74) is 0. The lowest BCUT2D eigenvalue weighted by Gasteiger charge is -2.24. The summed E-state index contributed by atoms with van der Waals surface area (Å²) in [4.78, 5) is -1.95. The Hall–Kier alpha value is -0.130. The zero-order valence-electron chi connectivity index (χ0n) is 18.1. The van der Waals surface area contributed by atoms with Gasteiger partial charge in [0.15, 0.2) is 4.93 Å². The molecule has 0 heterocycles. The monoisotopic (exact) mass is 406 g/mol. The third-order valence-electron chi connectivity index (χ3n) is 5.57. The molecule has 164 valence electrons. The average molecular weight is 407 g/mol. The molecule has 0 saturated heterocycles. The van der Waals surface area contributed by atoms with Crippen molar-refractivity contribution >= 4 is 10.1 Å². The van der Waals surface area contributed by atoms with Crippen LogP contribution in [0.25, 0.3) is 0 Å². The third kappa shape index (κ3) is 14.5. The van der Waals surface area contributed by atoms with Crippen LogP contribution in [0.2, 0.25) is 0 Å². The van der Waals surface area contributed by atoms with Crippen molar-refractivity contribution in [3.8, 4) is 0 Å². The Morgan fingerprint density at radius 3 is 1.15 bits per heavy atom. The van der Waals surface area contributed by atoms with E-state index >= 15 is 0 Å². The van der Waals surface area contributed by atoms with Gasteiger partial charge in [0.25, 0.3) is 10.1 Å². The Balaban J connectivity index is 3.62. The Morgan fingerprint density at radius 1 is 0.556 bits per heavy atom. The first kappa shape index (κ1) is 26.9. The van der Waals surface area contributed by atoms with Gasteiger partial charge < -0.3 is 5.11 Å². The van der Waals surface area contributed by atoms with E-state index in [-0.39, 0.29) is 12.8 Å². The molecule has 0 aromatic carbocycles. The van der Waals surface area contributed by atoms with Crippen LogP contribution in [0, 0.1) is 0 Å². The molecule has 0 aliphatic carbocycles. The van der Waals surface area contributed by atoms with E-state index in [1.807, 2.05) is 6.92 Å². The van der Waals surface area contributed by atoms with Crippen molar-refractivity contribution in [2.24, 2.45) is 0 Å². The second-order valence-electron chi connectivity index (χ2n) is 8.22. The Bertz CT molecular complexity index is 422. The highest BCUT2D eigenvalue weighted by Crippen LogP contribution is 2.27. The highest BCUT2D eigenvalue weighted by Gasteiger charge is 2.39.